The monoisotopic (exact) mass is 424 g/mol. The lowest BCUT2D eigenvalue weighted by molar-refractivity contribution is 0.297. The highest BCUT2D eigenvalue weighted by Crippen LogP contribution is 2.39. The first-order valence-electron chi connectivity index (χ1n) is 12.3. The summed E-state index contributed by atoms with van der Waals surface area (Å²) in [5, 5.41) is 0. The molecular formula is C31H36O. The topological polar surface area (TPSA) is 9.23 Å². The summed E-state index contributed by atoms with van der Waals surface area (Å²) in [5.41, 5.74) is 5.45. The normalized spacial score (nSPS) is 19.7. The molecule has 0 aliphatic heterocycles. The minimum Gasteiger partial charge on any atom is -0.494 e. The average Bonchev–Trinajstić information content (AvgIpc) is 2.85. The van der Waals surface area contributed by atoms with Gasteiger partial charge in [-0.1, -0.05) is 85.8 Å². The Morgan fingerprint density at radius 2 is 1.38 bits per heavy atom. The third-order valence-electron chi connectivity index (χ3n) is 6.97. The first kappa shape index (κ1) is 22.4. The minimum absolute atomic E-state index is 0.666. The number of hydrogen-bond donors (Lipinski definition) is 0. The third-order valence-corrected chi connectivity index (χ3v) is 6.97. The van der Waals surface area contributed by atoms with Crippen molar-refractivity contribution in [2.75, 3.05) is 6.61 Å². The molecular weight excluding hydrogens is 388 g/mol. The maximum atomic E-state index is 5.52. The van der Waals surface area contributed by atoms with Crippen molar-refractivity contribution >= 4 is 12.2 Å². The maximum Gasteiger partial charge on any atom is 0.119 e. The van der Waals surface area contributed by atoms with Crippen LogP contribution in [0, 0.1) is 5.92 Å². The number of rotatable bonds is 8. The summed E-state index contributed by atoms with van der Waals surface area (Å²) in [6, 6.07) is 28.5. The Balaban J connectivity index is 1.27. The van der Waals surface area contributed by atoms with Crippen molar-refractivity contribution in [3.8, 4) is 5.75 Å². The van der Waals surface area contributed by atoms with E-state index < -0.39 is 0 Å². The van der Waals surface area contributed by atoms with Gasteiger partial charge in [-0.3, -0.25) is 0 Å². The van der Waals surface area contributed by atoms with E-state index in [1.807, 2.05) is 19.1 Å². The summed E-state index contributed by atoms with van der Waals surface area (Å²) >= 11 is 0. The van der Waals surface area contributed by atoms with E-state index in [-0.39, 0.29) is 0 Å². The molecule has 0 heterocycles. The average molecular weight is 425 g/mol. The zero-order valence-corrected chi connectivity index (χ0v) is 19.5. The molecule has 1 aliphatic rings. The molecule has 1 heteroatoms. The van der Waals surface area contributed by atoms with E-state index in [1.165, 1.54) is 54.4 Å². The Morgan fingerprint density at radius 1 is 0.781 bits per heavy atom. The lowest BCUT2D eigenvalue weighted by atomic mass is 9.75. The van der Waals surface area contributed by atoms with Gasteiger partial charge in [-0.05, 0) is 91.2 Å². The van der Waals surface area contributed by atoms with Crippen LogP contribution in [0.4, 0.5) is 0 Å². The molecule has 3 aromatic carbocycles. The molecule has 0 aromatic heterocycles. The van der Waals surface area contributed by atoms with E-state index in [9.17, 15) is 0 Å². The predicted molar refractivity (Wildman–Crippen MR) is 137 cm³/mol. The summed E-state index contributed by atoms with van der Waals surface area (Å²) in [6.07, 6.45) is 11.1. The molecule has 32 heavy (non-hydrogen) atoms. The second-order valence-corrected chi connectivity index (χ2v) is 9.27. The third kappa shape index (κ3) is 6.13. The van der Waals surface area contributed by atoms with Crippen LogP contribution < -0.4 is 4.74 Å². The molecule has 3 aromatic rings. The molecule has 0 saturated heterocycles. The highest BCUT2D eigenvalue weighted by Gasteiger charge is 2.24. The highest BCUT2D eigenvalue weighted by atomic mass is 16.5. The highest BCUT2D eigenvalue weighted by molar-refractivity contribution is 5.69. The Bertz CT molecular complexity index is 961. The van der Waals surface area contributed by atoms with Gasteiger partial charge in [0.1, 0.15) is 5.75 Å². The van der Waals surface area contributed by atoms with Crippen molar-refractivity contribution in [1.29, 1.82) is 0 Å². The molecule has 166 valence electrons. The number of hydrogen-bond acceptors (Lipinski definition) is 1. The fourth-order valence-electron chi connectivity index (χ4n) is 5.06. The molecule has 0 unspecified atom stereocenters. The largest absolute Gasteiger partial charge is 0.494 e. The summed E-state index contributed by atoms with van der Waals surface area (Å²) in [5.74, 6) is 3.19. The van der Waals surface area contributed by atoms with Crippen LogP contribution in [0.25, 0.3) is 12.2 Å². The zero-order valence-electron chi connectivity index (χ0n) is 19.5. The second-order valence-electron chi connectivity index (χ2n) is 9.27. The van der Waals surface area contributed by atoms with Crippen LogP contribution in [-0.4, -0.2) is 6.61 Å². The van der Waals surface area contributed by atoms with E-state index in [0.29, 0.717) is 12.5 Å². The summed E-state index contributed by atoms with van der Waals surface area (Å²) in [4.78, 5) is 0. The van der Waals surface area contributed by atoms with Crippen molar-refractivity contribution in [1.82, 2.24) is 0 Å². The van der Waals surface area contributed by atoms with Gasteiger partial charge in [-0.25, -0.2) is 0 Å². The van der Waals surface area contributed by atoms with Gasteiger partial charge in [0.2, 0.25) is 0 Å². The van der Waals surface area contributed by atoms with E-state index in [4.69, 9.17) is 4.74 Å². The Kier molecular flexibility index (Phi) is 7.82. The van der Waals surface area contributed by atoms with Crippen molar-refractivity contribution in [3.05, 3.63) is 101 Å². The summed E-state index contributed by atoms with van der Waals surface area (Å²) in [7, 11) is 0. The SMILES string of the molecule is CCOc1ccc(C=Cc2ccc(C3CCC(C[C@H](C)c4ccccc4)CC3)cc2)cc1. The van der Waals surface area contributed by atoms with Gasteiger partial charge < -0.3 is 4.74 Å². The molecule has 0 bridgehead atoms. The molecule has 4 rings (SSSR count). The van der Waals surface area contributed by atoms with E-state index in [0.717, 1.165) is 17.6 Å². The maximum absolute atomic E-state index is 5.52. The second kappa shape index (κ2) is 11.2. The molecule has 1 atom stereocenters. The fourth-order valence-corrected chi connectivity index (χ4v) is 5.06. The van der Waals surface area contributed by atoms with Gasteiger partial charge in [-0.2, -0.15) is 0 Å². The van der Waals surface area contributed by atoms with Crippen LogP contribution >= 0.6 is 0 Å². The van der Waals surface area contributed by atoms with Gasteiger partial charge in [0.25, 0.3) is 0 Å². The lowest BCUT2D eigenvalue weighted by Gasteiger charge is -2.30. The Labute approximate surface area is 194 Å². The van der Waals surface area contributed by atoms with Crippen LogP contribution in [0.1, 0.15) is 80.0 Å². The zero-order chi connectivity index (χ0) is 22.2. The molecule has 1 fully saturated rings. The van der Waals surface area contributed by atoms with Gasteiger partial charge in [0.05, 0.1) is 6.61 Å². The Morgan fingerprint density at radius 3 is 1.97 bits per heavy atom. The van der Waals surface area contributed by atoms with Gasteiger partial charge in [-0.15, -0.1) is 0 Å². The minimum atomic E-state index is 0.666. The predicted octanol–water partition coefficient (Wildman–Crippen LogP) is 8.72. The van der Waals surface area contributed by atoms with Crippen molar-refractivity contribution in [3.63, 3.8) is 0 Å². The first-order chi connectivity index (χ1) is 15.7. The summed E-state index contributed by atoms with van der Waals surface area (Å²) in [6.45, 7) is 5.10. The van der Waals surface area contributed by atoms with Crippen molar-refractivity contribution < 1.29 is 4.74 Å². The molecule has 1 aliphatic carbocycles. The van der Waals surface area contributed by atoms with Gasteiger partial charge in [0.15, 0.2) is 0 Å². The molecule has 1 nitrogen and oxygen atoms in total. The molecule has 0 radical (unpaired) electrons. The van der Waals surface area contributed by atoms with Crippen LogP contribution in [0.3, 0.4) is 0 Å². The first-order valence-corrected chi connectivity index (χ1v) is 12.3. The quantitative estimate of drug-likeness (QED) is 0.328. The van der Waals surface area contributed by atoms with Crippen LogP contribution in [0.2, 0.25) is 0 Å². The van der Waals surface area contributed by atoms with Crippen molar-refractivity contribution in [2.24, 2.45) is 5.92 Å². The summed E-state index contributed by atoms with van der Waals surface area (Å²) < 4.78 is 5.52. The standard InChI is InChI=1S/C31H36O/c1-3-32-31-21-15-26(16-22-31)10-9-25-11-17-29(18-12-25)30-19-13-27(14-20-30)23-24(2)28-7-5-4-6-8-28/h4-12,15-18,21-22,24,27,30H,3,13-14,19-20,23H2,1-2H3/t24-,27?,30?/m0/s1. The fraction of sp³-hybridized carbons (Fsp3) is 0.355. The van der Waals surface area contributed by atoms with Crippen LogP contribution in [0.5, 0.6) is 5.75 Å². The van der Waals surface area contributed by atoms with Crippen LogP contribution in [-0.2, 0) is 0 Å². The van der Waals surface area contributed by atoms with Crippen LogP contribution in [0.15, 0.2) is 78.9 Å². The number of benzene rings is 3. The van der Waals surface area contributed by atoms with Gasteiger partial charge >= 0.3 is 0 Å². The van der Waals surface area contributed by atoms with Crippen molar-refractivity contribution in [2.45, 2.75) is 57.8 Å². The van der Waals surface area contributed by atoms with E-state index in [1.54, 1.807) is 0 Å². The lowest BCUT2D eigenvalue weighted by Crippen LogP contribution is -2.15. The molecule has 0 spiro atoms. The van der Waals surface area contributed by atoms with Gasteiger partial charge in [0, 0.05) is 0 Å². The van der Waals surface area contributed by atoms with E-state index in [2.05, 4.69) is 85.8 Å². The Hall–Kier alpha value is -2.80. The molecule has 0 amide bonds. The smallest absolute Gasteiger partial charge is 0.119 e. The van der Waals surface area contributed by atoms with E-state index >= 15 is 0 Å². The molecule has 1 saturated carbocycles. The molecule has 0 N–H and O–H groups in total. The number of ether oxygens (including phenoxy) is 1.